The van der Waals surface area contributed by atoms with E-state index in [1.165, 1.54) is 0 Å². The van der Waals surface area contributed by atoms with Gasteiger partial charge in [0.25, 0.3) is 0 Å². The highest BCUT2D eigenvalue weighted by atomic mass is 16.5. The van der Waals surface area contributed by atoms with Crippen LogP contribution in [0.4, 0.5) is 0 Å². The van der Waals surface area contributed by atoms with Gasteiger partial charge < -0.3 is 15.2 Å². The molecule has 0 spiro atoms. The molecule has 0 bridgehead atoms. The minimum atomic E-state index is -0.694. The quantitative estimate of drug-likeness (QED) is 0.840. The summed E-state index contributed by atoms with van der Waals surface area (Å²) < 4.78 is 5.11. The van der Waals surface area contributed by atoms with Crippen LogP contribution in [0, 0.1) is 5.92 Å². The number of carbonyl (C=O) groups is 1. The first-order valence-corrected chi connectivity index (χ1v) is 6.24. The monoisotopic (exact) mass is 249 g/mol. The number of carboxylic acids is 1. The van der Waals surface area contributed by atoms with Gasteiger partial charge in [-0.1, -0.05) is 12.1 Å². The summed E-state index contributed by atoms with van der Waals surface area (Å²) in [7, 11) is 1.64. The van der Waals surface area contributed by atoms with E-state index < -0.39 is 5.97 Å². The molecule has 0 heterocycles. The van der Waals surface area contributed by atoms with Crippen LogP contribution in [0.25, 0.3) is 0 Å². The fraction of sp³-hybridized carbons (Fsp3) is 0.500. The molecule has 18 heavy (non-hydrogen) atoms. The van der Waals surface area contributed by atoms with Gasteiger partial charge in [0, 0.05) is 12.1 Å². The van der Waals surface area contributed by atoms with Crippen molar-refractivity contribution in [3.05, 3.63) is 29.8 Å². The number of hydrogen-bond donors (Lipinski definition) is 2. The van der Waals surface area contributed by atoms with Crippen molar-refractivity contribution in [2.45, 2.75) is 31.8 Å². The lowest BCUT2D eigenvalue weighted by atomic mass is 9.79. The molecule has 1 saturated carbocycles. The van der Waals surface area contributed by atoms with Crippen molar-refractivity contribution >= 4 is 5.97 Å². The van der Waals surface area contributed by atoms with Crippen molar-refractivity contribution in [2.24, 2.45) is 5.92 Å². The first-order chi connectivity index (χ1) is 8.61. The van der Waals surface area contributed by atoms with E-state index in [2.05, 4.69) is 12.2 Å². The Morgan fingerprint density at radius 1 is 1.39 bits per heavy atom. The topological polar surface area (TPSA) is 58.6 Å². The summed E-state index contributed by atoms with van der Waals surface area (Å²) >= 11 is 0. The van der Waals surface area contributed by atoms with Crippen LogP contribution in [0.5, 0.6) is 5.75 Å². The average Bonchev–Trinajstić information content (AvgIpc) is 2.33. The summed E-state index contributed by atoms with van der Waals surface area (Å²) in [6.45, 7) is 2.05. The van der Waals surface area contributed by atoms with E-state index in [1.54, 1.807) is 7.11 Å². The van der Waals surface area contributed by atoms with Crippen LogP contribution >= 0.6 is 0 Å². The predicted octanol–water partition coefficient (Wildman–Crippen LogP) is 2.21. The van der Waals surface area contributed by atoms with Crippen molar-refractivity contribution < 1.29 is 14.6 Å². The minimum Gasteiger partial charge on any atom is -0.497 e. The van der Waals surface area contributed by atoms with Crippen LogP contribution in [0.2, 0.25) is 0 Å². The van der Waals surface area contributed by atoms with Gasteiger partial charge in [0.2, 0.25) is 0 Å². The second-order valence-corrected chi connectivity index (χ2v) is 4.79. The molecule has 1 fully saturated rings. The van der Waals surface area contributed by atoms with Crippen molar-refractivity contribution in [2.75, 3.05) is 7.11 Å². The second kappa shape index (κ2) is 5.40. The standard InChI is InChI=1S/C14H19NO3/c1-9(10-3-5-11(18-2)6-4-10)15-13-8-7-12(13)14(16)17/h3-6,9,12-13,15H,7-8H2,1-2H3,(H,16,17)/t9-,12?,13?/m1/s1. The lowest BCUT2D eigenvalue weighted by Gasteiger charge is -2.36. The third-order valence-corrected chi connectivity index (χ3v) is 3.67. The molecular formula is C14H19NO3. The number of nitrogens with one attached hydrogen (secondary N) is 1. The zero-order valence-electron chi connectivity index (χ0n) is 10.7. The molecule has 98 valence electrons. The molecule has 3 atom stereocenters. The van der Waals surface area contributed by atoms with Crippen LogP contribution in [-0.2, 0) is 4.79 Å². The molecule has 4 heteroatoms. The molecule has 0 saturated heterocycles. The number of aliphatic carboxylic acids is 1. The number of methoxy groups -OCH3 is 1. The SMILES string of the molecule is COc1ccc([C@@H](C)NC2CCC2C(=O)O)cc1. The molecule has 1 aliphatic carbocycles. The Morgan fingerprint density at radius 2 is 2.06 bits per heavy atom. The third kappa shape index (κ3) is 2.64. The summed E-state index contributed by atoms with van der Waals surface area (Å²) in [6, 6.07) is 8.10. The highest BCUT2D eigenvalue weighted by Gasteiger charge is 2.37. The highest BCUT2D eigenvalue weighted by Crippen LogP contribution is 2.30. The van der Waals surface area contributed by atoms with Crippen LogP contribution in [-0.4, -0.2) is 24.2 Å². The summed E-state index contributed by atoms with van der Waals surface area (Å²) in [6.07, 6.45) is 1.72. The Morgan fingerprint density at radius 3 is 2.50 bits per heavy atom. The van der Waals surface area contributed by atoms with Crippen LogP contribution < -0.4 is 10.1 Å². The van der Waals surface area contributed by atoms with Gasteiger partial charge in [-0.15, -0.1) is 0 Å². The Labute approximate surface area is 107 Å². The maximum absolute atomic E-state index is 10.9. The molecule has 1 aromatic rings. The summed E-state index contributed by atoms with van der Waals surface area (Å²) in [5.74, 6) is -0.0932. The molecule has 0 aromatic heterocycles. The van der Waals surface area contributed by atoms with Gasteiger partial charge in [0.05, 0.1) is 13.0 Å². The molecular weight excluding hydrogens is 230 g/mol. The van der Waals surface area contributed by atoms with E-state index in [-0.39, 0.29) is 18.0 Å². The Balaban J connectivity index is 1.94. The molecule has 4 nitrogen and oxygen atoms in total. The molecule has 2 unspecified atom stereocenters. The average molecular weight is 249 g/mol. The van der Waals surface area contributed by atoms with E-state index in [0.717, 1.165) is 24.2 Å². The van der Waals surface area contributed by atoms with Gasteiger partial charge in [-0.3, -0.25) is 4.79 Å². The van der Waals surface area contributed by atoms with Crippen molar-refractivity contribution in [1.82, 2.24) is 5.32 Å². The number of hydrogen-bond acceptors (Lipinski definition) is 3. The van der Waals surface area contributed by atoms with Gasteiger partial charge in [0.1, 0.15) is 5.75 Å². The van der Waals surface area contributed by atoms with Gasteiger partial charge in [-0.2, -0.15) is 0 Å². The molecule has 0 aliphatic heterocycles. The highest BCUT2D eigenvalue weighted by molar-refractivity contribution is 5.72. The van der Waals surface area contributed by atoms with Gasteiger partial charge in [-0.05, 0) is 37.5 Å². The van der Waals surface area contributed by atoms with E-state index in [0.29, 0.717) is 0 Å². The number of ether oxygens (including phenoxy) is 1. The molecule has 0 radical (unpaired) electrons. The number of benzene rings is 1. The van der Waals surface area contributed by atoms with Crippen molar-refractivity contribution in [3.63, 3.8) is 0 Å². The minimum absolute atomic E-state index is 0.0969. The molecule has 0 amide bonds. The number of carboxylic acid groups (broad SMARTS) is 1. The van der Waals surface area contributed by atoms with E-state index in [1.807, 2.05) is 24.3 Å². The zero-order chi connectivity index (χ0) is 13.1. The van der Waals surface area contributed by atoms with Crippen LogP contribution in [0.1, 0.15) is 31.4 Å². The van der Waals surface area contributed by atoms with E-state index >= 15 is 0 Å². The Kier molecular flexibility index (Phi) is 3.87. The third-order valence-electron chi connectivity index (χ3n) is 3.67. The normalized spacial score (nSPS) is 24.1. The molecule has 2 rings (SSSR count). The van der Waals surface area contributed by atoms with Gasteiger partial charge >= 0.3 is 5.97 Å². The lowest BCUT2D eigenvalue weighted by molar-refractivity contribution is -0.146. The summed E-state index contributed by atoms with van der Waals surface area (Å²) in [5.41, 5.74) is 1.15. The lowest BCUT2D eigenvalue weighted by Crippen LogP contribution is -2.48. The van der Waals surface area contributed by atoms with Crippen LogP contribution in [0.3, 0.4) is 0 Å². The second-order valence-electron chi connectivity index (χ2n) is 4.79. The Hall–Kier alpha value is -1.55. The van der Waals surface area contributed by atoms with Crippen molar-refractivity contribution in [1.29, 1.82) is 0 Å². The van der Waals surface area contributed by atoms with Crippen LogP contribution in [0.15, 0.2) is 24.3 Å². The molecule has 2 N–H and O–H groups in total. The van der Waals surface area contributed by atoms with Gasteiger partial charge in [0.15, 0.2) is 0 Å². The van der Waals surface area contributed by atoms with Crippen molar-refractivity contribution in [3.8, 4) is 5.75 Å². The Bertz CT molecular complexity index is 416. The van der Waals surface area contributed by atoms with E-state index in [4.69, 9.17) is 9.84 Å². The summed E-state index contributed by atoms with van der Waals surface area (Å²) in [5, 5.41) is 12.4. The first kappa shape index (κ1) is 12.9. The zero-order valence-corrected chi connectivity index (χ0v) is 10.7. The molecule has 1 aliphatic rings. The maximum atomic E-state index is 10.9. The smallest absolute Gasteiger partial charge is 0.308 e. The maximum Gasteiger partial charge on any atom is 0.308 e. The first-order valence-electron chi connectivity index (χ1n) is 6.24. The summed E-state index contributed by atoms with van der Waals surface area (Å²) in [4.78, 5) is 10.9. The predicted molar refractivity (Wildman–Crippen MR) is 68.7 cm³/mol. The fourth-order valence-corrected chi connectivity index (χ4v) is 2.30. The van der Waals surface area contributed by atoms with E-state index in [9.17, 15) is 4.79 Å². The fourth-order valence-electron chi connectivity index (χ4n) is 2.30. The number of rotatable bonds is 5. The molecule has 1 aromatic carbocycles. The van der Waals surface area contributed by atoms with Gasteiger partial charge in [-0.25, -0.2) is 0 Å². The largest absolute Gasteiger partial charge is 0.497 e.